The van der Waals surface area contributed by atoms with Crippen LogP contribution >= 0.6 is 0 Å². The number of hydrogen-bond acceptors (Lipinski definition) is 5. The molecule has 3 aromatic heterocycles. The summed E-state index contributed by atoms with van der Waals surface area (Å²) in [7, 11) is 1.59. The average molecular weight is 321 g/mol. The van der Waals surface area contributed by atoms with Gasteiger partial charge >= 0.3 is 0 Å². The lowest BCUT2D eigenvalue weighted by atomic mass is 10.2. The molecule has 3 heterocycles. The number of aliphatic hydroxyl groups excluding tert-OH is 1. The molecule has 0 aliphatic heterocycles. The van der Waals surface area contributed by atoms with Crippen LogP contribution in [0.15, 0.2) is 48.9 Å². The third-order valence-electron chi connectivity index (χ3n) is 3.79. The van der Waals surface area contributed by atoms with Gasteiger partial charge in [0, 0.05) is 35.9 Å². The van der Waals surface area contributed by atoms with Crippen LogP contribution in [-0.4, -0.2) is 36.7 Å². The van der Waals surface area contributed by atoms with Crippen molar-refractivity contribution in [2.75, 3.05) is 7.11 Å². The van der Waals surface area contributed by atoms with Crippen molar-refractivity contribution in [3.63, 3.8) is 0 Å². The summed E-state index contributed by atoms with van der Waals surface area (Å²) >= 11 is 0. The zero-order chi connectivity index (χ0) is 16.5. The molecule has 120 valence electrons. The first-order valence-electron chi connectivity index (χ1n) is 7.42. The Morgan fingerprint density at radius 3 is 2.92 bits per heavy atom. The summed E-state index contributed by atoms with van der Waals surface area (Å²) in [5.74, 6) is 1.88. The molecule has 0 saturated carbocycles. The molecule has 24 heavy (non-hydrogen) atoms. The van der Waals surface area contributed by atoms with Gasteiger partial charge in [-0.15, -0.1) is 0 Å². The zero-order valence-corrected chi connectivity index (χ0v) is 13.0. The summed E-state index contributed by atoms with van der Waals surface area (Å²) in [4.78, 5) is 16.0. The van der Waals surface area contributed by atoms with Crippen LogP contribution in [0.3, 0.4) is 0 Å². The summed E-state index contributed by atoms with van der Waals surface area (Å²) in [6, 6.07) is 9.59. The Morgan fingerprint density at radius 2 is 2.08 bits per heavy atom. The second-order valence-corrected chi connectivity index (χ2v) is 5.25. The van der Waals surface area contributed by atoms with Gasteiger partial charge in [0.05, 0.1) is 18.1 Å². The van der Waals surface area contributed by atoms with Crippen LogP contribution in [0.2, 0.25) is 0 Å². The highest BCUT2D eigenvalue weighted by molar-refractivity contribution is 5.78. The quantitative estimate of drug-likeness (QED) is 0.602. The second kappa shape index (κ2) is 5.78. The highest BCUT2D eigenvalue weighted by atomic mass is 16.5. The van der Waals surface area contributed by atoms with Crippen LogP contribution in [0.5, 0.6) is 5.88 Å². The SMILES string of the molecule is COc1cc(-c2nccn2-c2ccc3nc(CO)[nH]c3c2)ccn1. The molecule has 0 amide bonds. The summed E-state index contributed by atoms with van der Waals surface area (Å²) in [5.41, 5.74) is 3.53. The molecule has 0 fully saturated rings. The maximum atomic E-state index is 9.21. The molecule has 0 aliphatic carbocycles. The van der Waals surface area contributed by atoms with E-state index in [1.54, 1.807) is 19.5 Å². The first kappa shape index (κ1) is 14.4. The number of rotatable bonds is 4. The first-order valence-corrected chi connectivity index (χ1v) is 7.42. The number of methoxy groups -OCH3 is 1. The van der Waals surface area contributed by atoms with Gasteiger partial charge in [0.25, 0.3) is 0 Å². The van der Waals surface area contributed by atoms with Gasteiger partial charge in [-0.3, -0.25) is 4.57 Å². The number of nitrogens with one attached hydrogen (secondary N) is 1. The van der Waals surface area contributed by atoms with Crippen LogP contribution < -0.4 is 4.74 Å². The maximum absolute atomic E-state index is 9.21. The molecule has 0 radical (unpaired) electrons. The van der Waals surface area contributed by atoms with Crippen LogP contribution in [0, 0.1) is 0 Å². The lowest BCUT2D eigenvalue weighted by Crippen LogP contribution is -1.97. The number of imidazole rings is 2. The summed E-state index contributed by atoms with van der Waals surface area (Å²) in [6.45, 7) is -0.114. The van der Waals surface area contributed by atoms with Gasteiger partial charge in [0.15, 0.2) is 0 Å². The number of ether oxygens (including phenoxy) is 1. The maximum Gasteiger partial charge on any atom is 0.213 e. The number of nitrogens with zero attached hydrogens (tertiary/aromatic N) is 4. The standard InChI is InChI=1S/C17H15N5O2/c1-24-16-8-11(4-5-18-16)17-19-6-7-22(17)12-2-3-13-14(9-12)21-15(10-23)20-13/h2-9,23H,10H2,1H3,(H,20,21). The molecule has 0 unspecified atom stereocenters. The molecular weight excluding hydrogens is 306 g/mol. The Morgan fingerprint density at radius 1 is 1.17 bits per heavy atom. The lowest BCUT2D eigenvalue weighted by Gasteiger charge is -2.08. The van der Waals surface area contributed by atoms with E-state index < -0.39 is 0 Å². The van der Waals surface area contributed by atoms with Crippen molar-refractivity contribution in [2.45, 2.75) is 6.61 Å². The third kappa shape index (κ3) is 2.40. The van der Waals surface area contributed by atoms with Crippen LogP contribution in [0.25, 0.3) is 28.1 Å². The van der Waals surface area contributed by atoms with E-state index in [0.29, 0.717) is 11.7 Å². The number of pyridine rings is 1. The van der Waals surface area contributed by atoms with Gasteiger partial charge < -0.3 is 14.8 Å². The molecule has 4 aromatic rings. The molecule has 0 aliphatic rings. The Balaban J connectivity index is 1.81. The predicted octanol–water partition coefficient (Wildman–Crippen LogP) is 2.31. The Kier molecular flexibility index (Phi) is 3.47. The van der Waals surface area contributed by atoms with Crippen molar-refractivity contribution in [3.05, 3.63) is 54.7 Å². The smallest absolute Gasteiger partial charge is 0.213 e. The fraction of sp³-hybridized carbons (Fsp3) is 0.118. The Bertz CT molecular complexity index is 1010. The van der Waals surface area contributed by atoms with E-state index in [4.69, 9.17) is 4.74 Å². The number of hydrogen-bond donors (Lipinski definition) is 2. The van der Waals surface area contributed by atoms with E-state index in [-0.39, 0.29) is 6.61 Å². The molecule has 0 atom stereocenters. The molecule has 7 heteroatoms. The first-order chi connectivity index (χ1) is 11.8. The van der Waals surface area contributed by atoms with Crippen molar-refractivity contribution in [1.82, 2.24) is 24.5 Å². The van der Waals surface area contributed by atoms with Crippen LogP contribution in [0.4, 0.5) is 0 Å². The average Bonchev–Trinajstić information content (AvgIpc) is 3.27. The summed E-state index contributed by atoms with van der Waals surface area (Å²) in [6.07, 6.45) is 5.34. The molecule has 0 saturated heterocycles. The van der Waals surface area contributed by atoms with E-state index in [2.05, 4.69) is 19.9 Å². The number of aliphatic hydroxyl groups is 1. The minimum absolute atomic E-state index is 0.114. The molecule has 1 aromatic carbocycles. The third-order valence-corrected chi connectivity index (χ3v) is 3.79. The van der Waals surface area contributed by atoms with Crippen molar-refractivity contribution in [1.29, 1.82) is 0 Å². The topological polar surface area (TPSA) is 88.9 Å². The fourth-order valence-corrected chi connectivity index (χ4v) is 2.66. The van der Waals surface area contributed by atoms with E-state index in [9.17, 15) is 5.11 Å². The monoisotopic (exact) mass is 321 g/mol. The number of H-pyrrole nitrogens is 1. The van der Waals surface area contributed by atoms with Crippen molar-refractivity contribution >= 4 is 11.0 Å². The van der Waals surface area contributed by atoms with Crippen LogP contribution in [0.1, 0.15) is 5.82 Å². The highest BCUT2D eigenvalue weighted by Crippen LogP contribution is 2.25. The van der Waals surface area contributed by atoms with Crippen molar-refractivity contribution in [2.24, 2.45) is 0 Å². The predicted molar refractivity (Wildman–Crippen MR) is 88.9 cm³/mol. The van der Waals surface area contributed by atoms with E-state index in [0.717, 1.165) is 28.1 Å². The summed E-state index contributed by atoms with van der Waals surface area (Å²) < 4.78 is 7.17. The minimum atomic E-state index is -0.114. The Hall–Kier alpha value is -3.19. The van der Waals surface area contributed by atoms with E-state index in [1.807, 2.05) is 41.1 Å². The molecule has 2 N–H and O–H groups in total. The fourth-order valence-electron chi connectivity index (χ4n) is 2.66. The largest absolute Gasteiger partial charge is 0.481 e. The van der Waals surface area contributed by atoms with Gasteiger partial charge in [-0.25, -0.2) is 15.0 Å². The molecular formula is C17H15N5O2. The van der Waals surface area contributed by atoms with Gasteiger partial charge in [-0.1, -0.05) is 0 Å². The van der Waals surface area contributed by atoms with Crippen molar-refractivity contribution in [3.8, 4) is 23.0 Å². The number of aromatic amines is 1. The zero-order valence-electron chi connectivity index (χ0n) is 13.0. The van der Waals surface area contributed by atoms with Gasteiger partial charge in [0.2, 0.25) is 5.88 Å². The lowest BCUT2D eigenvalue weighted by molar-refractivity contribution is 0.273. The second-order valence-electron chi connectivity index (χ2n) is 5.25. The molecule has 7 nitrogen and oxygen atoms in total. The normalized spacial score (nSPS) is 11.1. The van der Waals surface area contributed by atoms with Gasteiger partial charge in [-0.2, -0.15) is 0 Å². The van der Waals surface area contributed by atoms with E-state index in [1.165, 1.54) is 0 Å². The highest BCUT2D eigenvalue weighted by Gasteiger charge is 2.11. The minimum Gasteiger partial charge on any atom is -0.481 e. The molecule has 0 bridgehead atoms. The van der Waals surface area contributed by atoms with Crippen LogP contribution in [-0.2, 0) is 6.61 Å². The number of benzene rings is 1. The van der Waals surface area contributed by atoms with Gasteiger partial charge in [-0.05, 0) is 24.3 Å². The number of fused-ring (bicyclic) bond motifs is 1. The molecule has 0 spiro atoms. The molecule has 4 rings (SSSR count). The Labute approximate surface area is 137 Å². The van der Waals surface area contributed by atoms with Crippen molar-refractivity contribution < 1.29 is 9.84 Å². The van der Waals surface area contributed by atoms with Gasteiger partial charge in [0.1, 0.15) is 18.3 Å². The van der Waals surface area contributed by atoms with E-state index >= 15 is 0 Å². The summed E-state index contributed by atoms with van der Waals surface area (Å²) in [5, 5.41) is 9.21. The number of aromatic nitrogens is 5.